The summed E-state index contributed by atoms with van der Waals surface area (Å²) in [4.78, 5) is 15.5. The minimum atomic E-state index is -0.245. The Balaban J connectivity index is 1.71. The Labute approximate surface area is 144 Å². The average Bonchev–Trinajstić information content (AvgIpc) is 3.06. The summed E-state index contributed by atoms with van der Waals surface area (Å²) in [5.74, 6) is -0.257. The van der Waals surface area contributed by atoms with E-state index in [-0.39, 0.29) is 11.7 Å². The highest BCUT2D eigenvalue weighted by atomic mass is 32.1. The van der Waals surface area contributed by atoms with Crippen molar-refractivity contribution in [2.45, 2.75) is 13.3 Å². The molecule has 0 unspecified atom stereocenters. The molecule has 0 atom stereocenters. The molecule has 5 heteroatoms. The van der Waals surface area contributed by atoms with Crippen molar-refractivity contribution < 1.29 is 9.18 Å². The Kier molecular flexibility index (Phi) is 5.01. The van der Waals surface area contributed by atoms with Gasteiger partial charge in [0.05, 0.1) is 5.69 Å². The highest BCUT2D eigenvalue weighted by Gasteiger charge is 2.07. The lowest BCUT2D eigenvalue weighted by molar-refractivity contribution is -0.118. The van der Waals surface area contributed by atoms with E-state index in [0.29, 0.717) is 6.54 Å². The van der Waals surface area contributed by atoms with Gasteiger partial charge in [-0.25, -0.2) is 9.37 Å². The van der Waals surface area contributed by atoms with Crippen molar-refractivity contribution in [2.24, 2.45) is 0 Å². The fourth-order valence-electron chi connectivity index (χ4n) is 2.36. The summed E-state index contributed by atoms with van der Waals surface area (Å²) < 4.78 is 13.0. The summed E-state index contributed by atoms with van der Waals surface area (Å²) in [6, 6.07) is 14.5. The van der Waals surface area contributed by atoms with E-state index >= 15 is 0 Å². The monoisotopic (exact) mass is 340 g/mol. The molecule has 3 rings (SSSR count). The maximum atomic E-state index is 13.0. The second kappa shape index (κ2) is 7.36. The van der Waals surface area contributed by atoms with Gasteiger partial charge >= 0.3 is 0 Å². The van der Waals surface area contributed by atoms with Gasteiger partial charge in [0, 0.05) is 30.0 Å². The van der Waals surface area contributed by atoms with E-state index in [2.05, 4.69) is 10.3 Å². The number of carbonyl (C=O) groups excluding carboxylic acids is 1. The Bertz CT molecular complexity index is 825. The number of amides is 1. The Morgan fingerprint density at radius 3 is 2.42 bits per heavy atom. The molecule has 0 aliphatic rings. The number of carbonyl (C=O) groups is 1. The molecular formula is C19H17FN2OS. The van der Waals surface area contributed by atoms with E-state index in [1.165, 1.54) is 24.6 Å². The predicted molar refractivity (Wildman–Crippen MR) is 95.3 cm³/mol. The standard InChI is InChI=1S/C19H17FN2OS/c1-13(23)21-11-10-14-2-4-15(5-3-14)18-12-24-19(22-18)16-6-8-17(20)9-7-16/h2-9,12H,10-11H2,1H3,(H,21,23). The molecule has 0 aliphatic heterocycles. The second-order valence-corrected chi connectivity index (χ2v) is 6.33. The van der Waals surface area contributed by atoms with Crippen molar-refractivity contribution in [1.29, 1.82) is 0 Å². The summed E-state index contributed by atoms with van der Waals surface area (Å²) in [6.45, 7) is 2.16. The number of rotatable bonds is 5. The first-order valence-corrected chi connectivity index (χ1v) is 8.55. The van der Waals surface area contributed by atoms with Gasteiger partial charge in [0.25, 0.3) is 0 Å². The molecule has 3 nitrogen and oxygen atoms in total. The van der Waals surface area contributed by atoms with Gasteiger partial charge < -0.3 is 5.32 Å². The van der Waals surface area contributed by atoms with Gasteiger partial charge in [-0.3, -0.25) is 4.79 Å². The van der Waals surface area contributed by atoms with E-state index in [9.17, 15) is 9.18 Å². The smallest absolute Gasteiger partial charge is 0.216 e. The Morgan fingerprint density at radius 1 is 1.08 bits per heavy atom. The van der Waals surface area contributed by atoms with Gasteiger partial charge in [-0.05, 0) is 36.2 Å². The first-order valence-electron chi connectivity index (χ1n) is 7.67. The number of nitrogens with zero attached hydrogens (tertiary/aromatic N) is 1. The third-order valence-electron chi connectivity index (χ3n) is 3.63. The minimum Gasteiger partial charge on any atom is -0.356 e. The summed E-state index contributed by atoms with van der Waals surface area (Å²) in [7, 11) is 0. The topological polar surface area (TPSA) is 42.0 Å². The van der Waals surface area contributed by atoms with Gasteiger partial charge in [-0.2, -0.15) is 0 Å². The van der Waals surface area contributed by atoms with E-state index in [0.717, 1.165) is 28.2 Å². The largest absolute Gasteiger partial charge is 0.356 e. The molecule has 122 valence electrons. The molecule has 0 spiro atoms. The lowest BCUT2D eigenvalue weighted by atomic mass is 10.1. The van der Waals surface area contributed by atoms with Crippen LogP contribution in [-0.2, 0) is 11.2 Å². The lowest BCUT2D eigenvalue weighted by Crippen LogP contribution is -2.22. The number of nitrogens with one attached hydrogen (secondary N) is 1. The first kappa shape index (κ1) is 16.3. The zero-order chi connectivity index (χ0) is 16.9. The average molecular weight is 340 g/mol. The van der Waals surface area contributed by atoms with Crippen LogP contribution in [0.5, 0.6) is 0 Å². The van der Waals surface area contributed by atoms with Crippen LogP contribution >= 0.6 is 11.3 Å². The Morgan fingerprint density at radius 2 is 1.75 bits per heavy atom. The maximum absolute atomic E-state index is 13.0. The van der Waals surface area contributed by atoms with Crippen LogP contribution in [0.2, 0.25) is 0 Å². The van der Waals surface area contributed by atoms with E-state index in [1.54, 1.807) is 23.5 Å². The summed E-state index contributed by atoms with van der Waals surface area (Å²) in [6.07, 6.45) is 0.803. The molecule has 0 bridgehead atoms. The summed E-state index contributed by atoms with van der Waals surface area (Å²) in [5.41, 5.74) is 4.04. The van der Waals surface area contributed by atoms with Gasteiger partial charge in [0.15, 0.2) is 0 Å². The molecular weight excluding hydrogens is 323 g/mol. The molecule has 0 aliphatic carbocycles. The molecule has 1 amide bonds. The van der Waals surface area contributed by atoms with Crippen LogP contribution in [-0.4, -0.2) is 17.4 Å². The van der Waals surface area contributed by atoms with Gasteiger partial charge in [-0.15, -0.1) is 11.3 Å². The normalized spacial score (nSPS) is 10.6. The molecule has 2 aromatic carbocycles. The third kappa shape index (κ3) is 4.06. The number of hydrogen-bond acceptors (Lipinski definition) is 3. The van der Waals surface area contributed by atoms with Gasteiger partial charge in [0.2, 0.25) is 5.91 Å². The third-order valence-corrected chi connectivity index (χ3v) is 4.52. The highest BCUT2D eigenvalue weighted by Crippen LogP contribution is 2.29. The zero-order valence-corrected chi connectivity index (χ0v) is 14.1. The number of hydrogen-bond donors (Lipinski definition) is 1. The first-order chi connectivity index (χ1) is 11.6. The minimum absolute atomic E-state index is 0.0117. The van der Waals surface area contributed by atoms with Crippen LogP contribution in [0.3, 0.4) is 0 Å². The molecule has 1 N–H and O–H groups in total. The van der Waals surface area contributed by atoms with Crippen LogP contribution in [0.4, 0.5) is 4.39 Å². The molecule has 1 aromatic heterocycles. The van der Waals surface area contributed by atoms with Crippen LogP contribution in [0.15, 0.2) is 53.9 Å². The molecule has 0 fully saturated rings. The van der Waals surface area contributed by atoms with Crippen molar-refractivity contribution in [1.82, 2.24) is 10.3 Å². The number of aromatic nitrogens is 1. The number of thiazole rings is 1. The van der Waals surface area contributed by atoms with E-state index < -0.39 is 0 Å². The fourth-order valence-corrected chi connectivity index (χ4v) is 3.19. The number of halogens is 1. The van der Waals surface area contributed by atoms with Gasteiger partial charge in [-0.1, -0.05) is 24.3 Å². The van der Waals surface area contributed by atoms with Crippen molar-refractivity contribution in [2.75, 3.05) is 6.54 Å². The SMILES string of the molecule is CC(=O)NCCc1ccc(-c2csc(-c3ccc(F)cc3)n2)cc1. The van der Waals surface area contributed by atoms with Crippen molar-refractivity contribution >= 4 is 17.2 Å². The van der Waals surface area contributed by atoms with Crippen molar-refractivity contribution in [3.8, 4) is 21.8 Å². The molecule has 24 heavy (non-hydrogen) atoms. The van der Waals surface area contributed by atoms with E-state index in [4.69, 9.17) is 0 Å². The highest BCUT2D eigenvalue weighted by molar-refractivity contribution is 7.13. The maximum Gasteiger partial charge on any atom is 0.216 e. The molecule has 0 saturated heterocycles. The van der Waals surface area contributed by atoms with Crippen molar-refractivity contribution in [3.05, 3.63) is 65.3 Å². The zero-order valence-electron chi connectivity index (χ0n) is 13.3. The van der Waals surface area contributed by atoms with Crippen LogP contribution < -0.4 is 5.32 Å². The molecule has 1 heterocycles. The van der Waals surface area contributed by atoms with Crippen LogP contribution in [0.25, 0.3) is 21.8 Å². The number of benzene rings is 2. The lowest BCUT2D eigenvalue weighted by Gasteiger charge is -2.03. The van der Waals surface area contributed by atoms with E-state index in [1.807, 2.05) is 29.6 Å². The van der Waals surface area contributed by atoms with Crippen molar-refractivity contribution in [3.63, 3.8) is 0 Å². The quantitative estimate of drug-likeness (QED) is 0.752. The molecule has 0 saturated carbocycles. The van der Waals surface area contributed by atoms with Crippen LogP contribution in [0.1, 0.15) is 12.5 Å². The fraction of sp³-hybridized carbons (Fsp3) is 0.158. The summed E-state index contributed by atoms with van der Waals surface area (Å²) >= 11 is 1.54. The Hall–Kier alpha value is -2.53. The van der Waals surface area contributed by atoms with Gasteiger partial charge in [0.1, 0.15) is 10.8 Å². The predicted octanol–water partition coefficient (Wildman–Crippen LogP) is 4.29. The molecule has 3 aromatic rings. The summed E-state index contributed by atoms with van der Waals surface area (Å²) in [5, 5.41) is 5.67. The van der Waals surface area contributed by atoms with Crippen LogP contribution in [0, 0.1) is 5.82 Å². The molecule has 0 radical (unpaired) electrons. The second-order valence-electron chi connectivity index (χ2n) is 5.47.